The van der Waals surface area contributed by atoms with Gasteiger partial charge < -0.3 is 11.1 Å². The third-order valence-electron chi connectivity index (χ3n) is 4.79. The number of nitrogens with zero attached hydrogens (tertiary/aromatic N) is 2. The summed E-state index contributed by atoms with van der Waals surface area (Å²) in [6.07, 6.45) is 6.27. The largest absolute Gasteiger partial charge is 0.368 e. The van der Waals surface area contributed by atoms with E-state index in [0.717, 1.165) is 25.7 Å². The standard InChI is InChI=1S/C16H21N5O3/c1-10-11(9-18-12-8-13(22)20-21(10)12)14(23)19-16(15(17)24)6-4-2-3-5-7-16/h8-9H,2-7H2,1H3,(H2,17,24)(H,19,23)(H,20,22). The van der Waals surface area contributed by atoms with Crippen molar-refractivity contribution >= 4 is 17.5 Å². The van der Waals surface area contributed by atoms with Crippen molar-refractivity contribution < 1.29 is 9.59 Å². The van der Waals surface area contributed by atoms with Gasteiger partial charge in [0, 0.05) is 12.3 Å². The van der Waals surface area contributed by atoms with E-state index in [0.29, 0.717) is 29.7 Å². The number of hydrogen-bond donors (Lipinski definition) is 3. The van der Waals surface area contributed by atoms with E-state index in [1.54, 1.807) is 6.92 Å². The molecule has 4 N–H and O–H groups in total. The lowest BCUT2D eigenvalue weighted by atomic mass is 9.89. The van der Waals surface area contributed by atoms with E-state index in [2.05, 4.69) is 15.4 Å². The number of aromatic amines is 1. The molecule has 2 aromatic rings. The molecule has 1 fully saturated rings. The predicted molar refractivity (Wildman–Crippen MR) is 87.6 cm³/mol. The number of hydrogen-bond acceptors (Lipinski definition) is 4. The number of carbonyl (C=O) groups excluding carboxylic acids is 2. The second-order valence-electron chi connectivity index (χ2n) is 6.39. The van der Waals surface area contributed by atoms with Crippen LogP contribution in [0.25, 0.3) is 5.65 Å². The van der Waals surface area contributed by atoms with Crippen LogP contribution >= 0.6 is 0 Å². The Bertz CT molecular complexity index is 843. The van der Waals surface area contributed by atoms with Gasteiger partial charge in [-0.1, -0.05) is 25.7 Å². The van der Waals surface area contributed by atoms with Crippen LogP contribution in [0, 0.1) is 6.92 Å². The molecular weight excluding hydrogens is 310 g/mol. The summed E-state index contributed by atoms with van der Waals surface area (Å²) in [5.74, 6) is -0.907. The highest BCUT2D eigenvalue weighted by molar-refractivity contribution is 5.99. The maximum Gasteiger partial charge on any atom is 0.266 e. The Morgan fingerprint density at radius 2 is 1.96 bits per heavy atom. The number of aryl methyl sites for hydroxylation is 1. The maximum absolute atomic E-state index is 12.7. The van der Waals surface area contributed by atoms with Crippen LogP contribution in [0.2, 0.25) is 0 Å². The van der Waals surface area contributed by atoms with E-state index in [1.807, 2.05) is 0 Å². The molecule has 8 nitrogen and oxygen atoms in total. The number of H-pyrrole nitrogens is 1. The molecule has 0 radical (unpaired) electrons. The van der Waals surface area contributed by atoms with E-state index in [4.69, 9.17) is 5.73 Å². The zero-order valence-electron chi connectivity index (χ0n) is 13.6. The van der Waals surface area contributed by atoms with Gasteiger partial charge in [-0.2, -0.15) is 0 Å². The molecule has 0 saturated heterocycles. The fraction of sp³-hybridized carbons (Fsp3) is 0.500. The molecular formula is C16H21N5O3. The highest BCUT2D eigenvalue weighted by Crippen LogP contribution is 2.27. The van der Waals surface area contributed by atoms with Gasteiger partial charge in [0.25, 0.3) is 11.5 Å². The first-order valence-electron chi connectivity index (χ1n) is 8.13. The molecule has 0 bridgehead atoms. The van der Waals surface area contributed by atoms with E-state index >= 15 is 0 Å². The van der Waals surface area contributed by atoms with Gasteiger partial charge >= 0.3 is 0 Å². The van der Waals surface area contributed by atoms with E-state index in [-0.39, 0.29) is 5.56 Å². The maximum atomic E-state index is 12.7. The molecule has 1 saturated carbocycles. The topological polar surface area (TPSA) is 122 Å². The summed E-state index contributed by atoms with van der Waals surface area (Å²) in [4.78, 5) is 40.3. The second-order valence-corrected chi connectivity index (χ2v) is 6.39. The van der Waals surface area contributed by atoms with Crippen molar-refractivity contribution in [1.82, 2.24) is 19.9 Å². The Hall–Kier alpha value is -2.64. The SMILES string of the molecule is Cc1c(C(=O)NC2(C(N)=O)CCCCCC2)cnc2cc(=O)[nH]n12. The molecule has 1 aliphatic carbocycles. The Kier molecular flexibility index (Phi) is 4.13. The summed E-state index contributed by atoms with van der Waals surface area (Å²) >= 11 is 0. The highest BCUT2D eigenvalue weighted by Gasteiger charge is 2.38. The minimum atomic E-state index is -1.01. The van der Waals surface area contributed by atoms with Gasteiger partial charge in [0.2, 0.25) is 5.91 Å². The molecule has 24 heavy (non-hydrogen) atoms. The van der Waals surface area contributed by atoms with E-state index in [1.165, 1.54) is 16.8 Å². The molecule has 2 amide bonds. The number of nitrogens with one attached hydrogen (secondary N) is 2. The fourth-order valence-electron chi connectivity index (χ4n) is 3.35. The number of carbonyl (C=O) groups is 2. The summed E-state index contributed by atoms with van der Waals surface area (Å²) in [5.41, 5.74) is 5.59. The van der Waals surface area contributed by atoms with Crippen molar-refractivity contribution in [3.05, 3.63) is 33.9 Å². The smallest absolute Gasteiger partial charge is 0.266 e. The van der Waals surface area contributed by atoms with Crippen molar-refractivity contribution in [1.29, 1.82) is 0 Å². The zero-order chi connectivity index (χ0) is 17.3. The molecule has 8 heteroatoms. The summed E-state index contributed by atoms with van der Waals surface area (Å²) in [6, 6.07) is 1.35. The third-order valence-corrected chi connectivity index (χ3v) is 4.79. The molecule has 0 aromatic carbocycles. The Balaban J connectivity index is 1.94. The highest BCUT2D eigenvalue weighted by atomic mass is 16.2. The van der Waals surface area contributed by atoms with Gasteiger partial charge in [-0.3, -0.25) is 19.5 Å². The van der Waals surface area contributed by atoms with Crippen LogP contribution in [0.3, 0.4) is 0 Å². The molecule has 128 valence electrons. The molecule has 1 aliphatic rings. The average molecular weight is 331 g/mol. The van der Waals surface area contributed by atoms with Crippen LogP contribution in [0.15, 0.2) is 17.1 Å². The molecule has 2 aromatic heterocycles. The quantitative estimate of drug-likeness (QED) is 0.714. The summed E-state index contributed by atoms with van der Waals surface area (Å²) in [6.45, 7) is 1.71. The summed E-state index contributed by atoms with van der Waals surface area (Å²) in [5, 5.41) is 5.44. The average Bonchev–Trinajstić information content (AvgIpc) is 2.76. The molecule has 0 aliphatic heterocycles. The normalized spacial score (nSPS) is 17.4. The Labute approximate surface area is 138 Å². The van der Waals surface area contributed by atoms with Gasteiger partial charge in [-0.15, -0.1) is 0 Å². The van der Waals surface area contributed by atoms with Crippen molar-refractivity contribution in [3.8, 4) is 0 Å². The first-order chi connectivity index (χ1) is 11.4. The number of nitrogens with two attached hydrogens (primary N) is 1. The molecule has 2 heterocycles. The molecule has 0 spiro atoms. The number of fused-ring (bicyclic) bond motifs is 1. The van der Waals surface area contributed by atoms with E-state index < -0.39 is 17.4 Å². The first-order valence-corrected chi connectivity index (χ1v) is 8.13. The van der Waals surface area contributed by atoms with E-state index in [9.17, 15) is 14.4 Å². The Morgan fingerprint density at radius 1 is 1.29 bits per heavy atom. The van der Waals surface area contributed by atoms with Gasteiger partial charge in [0.1, 0.15) is 5.54 Å². The minimum absolute atomic E-state index is 0.291. The van der Waals surface area contributed by atoms with Crippen molar-refractivity contribution in [2.45, 2.75) is 51.0 Å². The van der Waals surface area contributed by atoms with Crippen LogP contribution in [0.5, 0.6) is 0 Å². The van der Waals surface area contributed by atoms with Gasteiger partial charge in [-0.05, 0) is 19.8 Å². The van der Waals surface area contributed by atoms with Gasteiger partial charge in [0.15, 0.2) is 5.65 Å². The first kappa shape index (κ1) is 16.2. The fourth-order valence-corrected chi connectivity index (χ4v) is 3.35. The van der Waals surface area contributed by atoms with Crippen LogP contribution in [0.1, 0.15) is 54.6 Å². The zero-order valence-corrected chi connectivity index (χ0v) is 13.6. The van der Waals surface area contributed by atoms with Crippen LogP contribution < -0.4 is 16.6 Å². The van der Waals surface area contributed by atoms with Crippen LogP contribution in [-0.2, 0) is 4.79 Å². The Morgan fingerprint density at radius 3 is 2.58 bits per heavy atom. The monoisotopic (exact) mass is 331 g/mol. The third kappa shape index (κ3) is 2.79. The predicted octanol–water partition coefficient (Wildman–Crippen LogP) is 0.639. The lowest BCUT2D eigenvalue weighted by Gasteiger charge is -2.30. The number of primary amides is 1. The lowest BCUT2D eigenvalue weighted by molar-refractivity contribution is -0.124. The number of rotatable bonds is 3. The lowest BCUT2D eigenvalue weighted by Crippen LogP contribution is -2.57. The number of aromatic nitrogens is 3. The minimum Gasteiger partial charge on any atom is -0.368 e. The second kappa shape index (κ2) is 6.10. The summed E-state index contributed by atoms with van der Waals surface area (Å²) < 4.78 is 1.46. The summed E-state index contributed by atoms with van der Waals surface area (Å²) in [7, 11) is 0. The molecule has 0 unspecified atom stereocenters. The van der Waals surface area contributed by atoms with Gasteiger partial charge in [-0.25, -0.2) is 9.50 Å². The van der Waals surface area contributed by atoms with Gasteiger partial charge in [0.05, 0.1) is 11.3 Å². The van der Waals surface area contributed by atoms with Crippen molar-refractivity contribution in [2.24, 2.45) is 5.73 Å². The molecule has 3 rings (SSSR count). The van der Waals surface area contributed by atoms with Crippen molar-refractivity contribution in [3.63, 3.8) is 0 Å². The molecule has 0 atom stereocenters. The van der Waals surface area contributed by atoms with Crippen molar-refractivity contribution in [2.75, 3.05) is 0 Å². The van der Waals surface area contributed by atoms with Crippen LogP contribution in [-0.4, -0.2) is 32.0 Å². The number of amides is 2. The van der Waals surface area contributed by atoms with Crippen LogP contribution in [0.4, 0.5) is 0 Å².